The summed E-state index contributed by atoms with van der Waals surface area (Å²) in [5.74, 6) is -0.256. The average molecular weight is 337 g/mol. The summed E-state index contributed by atoms with van der Waals surface area (Å²) in [6.07, 6.45) is 2.02. The van der Waals surface area contributed by atoms with Crippen LogP contribution in [0, 0.1) is 16.2 Å². The van der Waals surface area contributed by atoms with E-state index in [9.17, 15) is 9.59 Å². The number of fused-ring (bicyclic) bond motifs is 1. The average Bonchev–Trinajstić information content (AvgIpc) is 3.23. The number of hydrogen-bond acceptors (Lipinski definition) is 5. The van der Waals surface area contributed by atoms with Gasteiger partial charge in [0.15, 0.2) is 0 Å². The third kappa shape index (κ3) is 1.68. The third-order valence-corrected chi connectivity index (χ3v) is 6.33. The molecule has 3 fully saturated rings. The van der Waals surface area contributed by atoms with Crippen LogP contribution in [0.25, 0.3) is 0 Å². The molecule has 1 aromatic rings. The minimum atomic E-state index is -0.354. The van der Waals surface area contributed by atoms with E-state index < -0.39 is 0 Å². The van der Waals surface area contributed by atoms with Crippen molar-refractivity contribution in [3.05, 3.63) is 35.4 Å². The van der Waals surface area contributed by atoms with Gasteiger partial charge in [-0.1, -0.05) is 12.1 Å². The molecule has 4 atom stereocenters. The van der Waals surface area contributed by atoms with Gasteiger partial charge in [-0.25, -0.2) is 0 Å². The Kier molecular flexibility index (Phi) is 2.69. The summed E-state index contributed by atoms with van der Waals surface area (Å²) in [5, 5.41) is 20.1. The fourth-order valence-corrected chi connectivity index (χ4v) is 4.94. The van der Waals surface area contributed by atoms with Crippen molar-refractivity contribution in [2.24, 2.45) is 5.41 Å². The maximum Gasteiger partial charge on any atom is 0.261 e. The first kappa shape index (κ1) is 14.8. The van der Waals surface area contributed by atoms with E-state index in [1.54, 1.807) is 36.1 Å². The Morgan fingerprint density at radius 1 is 1.24 bits per heavy atom. The molecule has 1 spiro atoms. The smallest absolute Gasteiger partial charge is 0.261 e. The predicted octanol–water partition coefficient (Wildman–Crippen LogP) is 1.06. The molecule has 0 radical (unpaired) electrons. The molecule has 4 unspecified atom stereocenters. The zero-order chi connectivity index (χ0) is 17.5. The quantitative estimate of drug-likeness (QED) is 0.436. The highest BCUT2D eigenvalue weighted by Crippen LogP contribution is 2.69. The van der Waals surface area contributed by atoms with Crippen LogP contribution in [0.3, 0.4) is 0 Å². The molecule has 2 aliphatic carbocycles. The highest BCUT2D eigenvalue weighted by molar-refractivity contribution is 6.22. The van der Waals surface area contributed by atoms with Crippen molar-refractivity contribution in [3.63, 3.8) is 0 Å². The number of piperidine rings is 1. The monoisotopic (exact) mass is 337 g/mol. The fourth-order valence-electron chi connectivity index (χ4n) is 4.94. The minimum absolute atomic E-state index is 0.0854. The van der Waals surface area contributed by atoms with Crippen LogP contribution in [0.1, 0.15) is 40.5 Å². The standard InChI is InChI=1S/C18H19N5O2/c1-9(19)23(14-6-12-18(14)7-13(18)21-12)15(20)8-22-16(24)10-4-2-3-5-11(10)17(22)25/h2-5,12-14,19-21H,6-8H2,1H3. The number of nitrogens with one attached hydrogen (secondary N) is 3. The molecular weight excluding hydrogens is 318 g/mol. The number of amides is 2. The molecule has 7 nitrogen and oxygen atoms in total. The Morgan fingerprint density at radius 3 is 2.36 bits per heavy atom. The molecule has 0 bridgehead atoms. The van der Waals surface area contributed by atoms with Crippen LogP contribution < -0.4 is 5.32 Å². The molecule has 1 saturated heterocycles. The fraction of sp³-hybridized carbons (Fsp3) is 0.444. The van der Waals surface area contributed by atoms with E-state index in [0.29, 0.717) is 29.0 Å². The van der Waals surface area contributed by atoms with E-state index in [-0.39, 0.29) is 35.7 Å². The van der Waals surface area contributed by atoms with E-state index in [2.05, 4.69) is 5.32 Å². The first-order valence-electron chi connectivity index (χ1n) is 8.58. The van der Waals surface area contributed by atoms with Gasteiger partial charge in [0, 0.05) is 23.5 Å². The van der Waals surface area contributed by atoms with Gasteiger partial charge in [-0.2, -0.15) is 0 Å². The molecule has 2 amide bonds. The second kappa shape index (κ2) is 4.54. The lowest BCUT2D eigenvalue weighted by molar-refractivity contribution is 0.0109. The van der Waals surface area contributed by atoms with Gasteiger partial charge in [-0.3, -0.25) is 25.3 Å². The molecule has 4 aliphatic rings. The molecule has 2 aliphatic heterocycles. The predicted molar refractivity (Wildman–Crippen MR) is 90.9 cm³/mol. The van der Waals surface area contributed by atoms with Crippen LogP contribution in [-0.4, -0.2) is 58.0 Å². The number of rotatable bonds is 3. The lowest BCUT2D eigenvalue weighted by Crippen LogP contribution is -2.73. The molecule has 25 heavy (non-hydrogen) atoms. The van der Waals surface area contributed by atoms with Gasteiger partial charge >= 0.3 is 0 Å². The van der Waals surface area contributed by atoms with Crippen LogP contribution in [0.4, 0.5) is 0 Å². The first-order chi connectivity index (χ1) is 11.9. The highest BCUT2D eigenvalue weighted by atomic mass is 16.2. The summed E-state index contributed by atoms with van der Waals surface area (Å²) in [5.41, 5.74) is 1.01. The zero-order valence-corrected chi connectivity index (χ0v) is 13.9. The Bertz CT molecular complexity index is 830. The minimum Gasteiger partial charge on any atom is -0.314 e. The number of nitrogens with zero attached hydrogens (tertiary/aromatic N) is 2. The van der Waals surface area contributed by atoms with Gasteiger partial charge in [-0.15, -0.1) is 0 Å². The van der Waals surface area contributed by atoms with Crippen molar-refractivity contribution in [1.82, 2.24) is 15.1 Å². The number of carbonyl (C=O) groups is 2. The van der Waals surface area contributed by atoms with E-state index >= 15 is 0 Å². The van der Waals surface area contributed by atoms with Crippen molar-refractivity contribution in [2.45, 2.75) is 37.9 Å². The number of carbonyl (C=O) groups excluding carboxylic acids is 2. The molecule has 5 rings (SSSR count). The van der Waals surface area contributed by atoms with Gasteiger partial charge in [0.05, 0.1) is 23.5 Å². The van der Waals surface area contributed by atoms with Crippen LogP contribution in [-0.2, 0) is 0 Å². The molecular formula is C18H19N5O2. The van der Waals surface area contributed by atoms with Gasteiger partial charge in [0.1, 0.15) is 5.84 Å². The van der Waals surface area contributed by atoms with Gasteiger partial charge in [0.25, 0.3) is 11.8 Å². The first-order valence-corrected chi connectivity index (χ1v) is 8.58. The lowest BCUT2D eigenvalue weighted by Gasteiger charge is -2.58. The van der Waals surface area contributed by atoms with Gasteiger partial charge in [0.2, 0.25) is 0 Å². The number of hydrogen-bond donors (Lipinski definition) is 3. The summed E-state index contributed by atoms with van der Waals surface area (Å²) >= 11 is 0. The normalized spacial score (nSPS) is 33.6. The summed E-state index contributed by atoms with van der Waals surface area (Å²) in [4.78, 5) is 27.9. The summed E-state index contributed by atoms with van der Waals surface area (Å²) < 4.78 is 0. The maximum atomic E-state index is 12.5. The number of imide groups is 1. The number of amidine groups is 2. The molecule has 3 N–H and O–H groups in total. The van der Waals surface area contributed by atoms with E-state index in [1.807, 2.05) is 0 Å². The van der Waals surface area contributed by atoms with E-state index in [0.717, 1.165) is 17.7 Å². The zero-order valence-electron chi connectivity index (χ0n) is 13.9. The molecule has 1 aromatic carbocycles. The summed E-state index contributed by atoms with van der Waals surface area (Å²) in [7, 11) is 0. The third-order valence-electron chi connectivity index (χ3n) is 6.33. The van der Waals surface area contributed by atoms with Crippen LogP contribution in [0.15, 0.2) is 24.3 Å². The van der Waals surface area contributed by atoms with Crippen molar-refractivity contribution in [1.29, 1.82) is 10.8 Å². The molecule has 2 heterocycles. The lowest BCUT2D eigenvalue weighted by atomic mass is 9.65. The van der Waals surface area contributed by atoms with Crippen LogP contribution in [0.2, 0.25) is 0 Å². The summed E-state index contributed by atoms with van der Waals surface area (Å²) in [6, 6.07) is 7.92. The highest BCUT2D eigenvalue weighted by Gasteiger charge is 2.79. The SMILES string of the molecule is CC(=N)N(C(=N)CN1C(=O)c2ccccc2C1=O)C1CC2NC3CC231. The Morgan fingerprint density at radius 2 is 1.88 bits per heavy atom. The van der Waals surface area contributed by atoms with E-state index in [4.69, 9.17) is 10.8 Å². The molecule has 0 aromatic heterocycles. The molecule has 7 heteroatoms. The van der Waals surface area contributed by atoms with Gasteiger partial charge in [-0.05, 0) is 31.9 Å². The number of benzene rings is 1. The topological polar surface area (TPSA) is 100 Å². The molecule has 2 saturated carbocycles. The largest absolute Gasteiger partial charge is 0.314 e. The Balaban J connectivity index is 1.37. The van der Waals surface area contributed by atoms with Crippen molar-refractivity contribution >= 4 is 23.5 Å². The van der Waals surface area contributed by atoms with Crippen LogP contribution in [0.5, 0.6) is 0 Å². The Hall–Kier alpha value is -2.54. The molecule has 128 valence electrons. The summed E-state index contributed by atoms with van der Waals surface area (Å²) in [6.45, 7) is 1.59. The van der Waals surface area contributed by atoms with Gasteiger partial charge < -0.3 is 10.2 Å². The maximum absolute atomic E-state index is 12.5. The van der Waals surface area contributed by atoms with Crippen molar-refractivity contribution in [3.8, 4) is 0 Å². The Labute approximate surface area is 145 Å². The van der Waals surface area contributed by atoms with Crippen LogP contribution >= 0.6 is 0 Å². The van der Waals surface area contributed by atoms with Crippen molar-refractivity contribution in [2.75, 3.05) is 6.54 Å². The second-order valence-electron chi connectivity index (χ2n) is 7.48. The second-order valence-corrected chi connectivity index (χ2v) is 7.48. The van der Waals surface area contributed by atoms with Crippen molar-refractivity contribution < 1.29 is 9.59 Å². The van der Waals surface area contributed by atoms with E-state index in [1.165, 1.54) is 0 Å².